The Morgan fingerprint density at radius 2 is 1.79 bits per heavy atom. The fourth-order valence-corrected chi connectivity index (χ4v) is 5.76. The molecule has 0 radical (unpaired) electrons. The molecule has 5 rings (SSSR count). The van der Waals surface area contributed by atoms with Gasteiger partial charge < -0.3 is 19.9 Å². The van der Waals surface area contributed by atoms with Gasteiger partial charge >= 0.3 is 6.09 Å². The van der Waals surface area contributed by atoms with Crippen molar-refractivity contribution in [2.24, 2.45) is 5.92 Å². The molecule has 0 spiro atoms. The predicted octanol–water partition coefficient (Wildman–Crippen LogP) is 5.04. The number of carbonyl (C=O) groups is 2. The number of piperidine rings is 2. The zero-order valence-electron chi connectivity index (χ0n) is 21.6. The molecular weight excluding hydrogens is 500 g/mol. The second-order valence-corrected chi connectivity index (χ2v) is 11.4. The highest BCUT2D eigenvalue weighted by atomic mass is 32.2. The number of benzene rings is 1. The van der Waals surface area contributed by atoms with E-state index in [1.165, 1.54) is 24.6 Å². The highest BCUT2D eigenvalue weighted by Gasteiger charge is 2.25. The van der Waals surface area contributed by atoms with Crippen LogP contribution in [0.1, 0.15) is 48.5 Å². The molecule has 10 heteroatoms. The van der Waals surface area contributed by atoms with Crippen LogP contribution < -0.4 is 10.1 Å². The van der Waals surface area contributed by atoms with Crippen molar-refractivity contribution >= 4 is 29.4 Å². The van der Waals surface area contributed by atoms with E-state index in [2.05, 4.69) is 32.1 Å². The van der Waals surface area contributed by atoms with Crippen LogP contribution in [-0.2, 0) is 6.54 Å². The number of nitrogens with zero attached hydrogens (tertiary/aromatic N) is 4. The molecule has 4 heterocycles. The number of nitrogens with one attached hydrogen (secondary N) is 2. The molecule has 2 aliphatic heterocycles. The number of aromatic nitrogens is 3. The summed E-state index contributed by atoms with van der Waals surface area (Å²) in [5.41, 5.74) is 2.34. The van der Waals surface area contributed by atoms with E-state index in [4.69, 9.17) is 4.74 Å². The Morgan fingerprint density at radius 3 is 2.45 bits per heavy atom. The minimum Gasteiger partial charge on any atom is -0.391 e. The second kappa shape index (κ2) is 12.4. The number of amides is 2. The van der Waals surface area contributed by atoms with E-state index in [1.807, 2.05) is 30.5 Å². The summed E-state index contributed by atoms with van der Waals surface area (Å²) >= 11 is 1.71. The molecule has 2 saturated heterocycles. The number of pyridine rings is 1. The van der Waals surface area contributed by atoms with Crippen LogP contribution in [0.25, 0.3) is 0 Å². The van der Waals surface area contributed by atoms with E-state index >= 15 is 0 Å². The molecule has 2 amide bonds. The van der Waals surface area contributed by atoms with Crippen molar-refractivity contribution in [1.82, 2.24) is 24.8 Å². The Balaban J connectivity index is 1.06. The van der Waals surface area contributed by atoms with Crippen LogP contribution in [0.3, 0.4) is 0 Å². The molecule has 38 heavy (non-hydrogen) atoms. The third-order valence-corrected chi connectivity index (χ3v) is 8.39. The fraction of sp³-hybridized carbons (Fsp3) is 0.429. The van der Waals surface area contributed by atoms with Gasteiger partial charge in [-0.2, -0.15) is 0 Å². The maximum absolute atomic E-state index is 12.7. The standard InChI is InChI=1S/C28H34N6O3S/c1-20-8-14-33(15-9-20)19-21-2-4-22(5-3-21)26(35)32-23-6-7-25(31-18-23)37-28(36)34-16-10-24(11-17-34)38-27-29-12-13-30-27/h2-7,12-13,18,20,24H,8-11,14-17,19H2,1H3,(H,29,30)(H,32,35). The summed E-state index contributed by atoms with van der Waals surface area (Å²) in [6, 6.07) is 11.0. The van der Waals surface area contributed by atoms with E-state index in [1.54, 1.807) is 35.0 Å². The van der Waals surface area contributed by atoms with Gasteiger partial charge in [0.15, 0.2) is 5.16 Å². The Kier molecular flexibility index (Phi) is 8.60. The molecule has 1 aromatic carbocycles. The lowest BCUT2D eigenvalue weighted by Crippen LogP contribution is -2.41. The average molecular weight is 535 g/mol. The smallest absolute Gasteiger partial charge is 0.391 e. The number of anilines is 1. The average Bonchev–Trinajstić information content (AvgIpc) is 3.45. The summed E-state index contributed by atoms with van der Waals surface area (Å²) in [6.45, 7) is 6.75. The summed E-state index contributed by atoms with van der Waals surface area (Å²) in [6.07, 6.45) is 8.89. The number of thioether (sulfide) groups is 1. The van der Waals surface area contributed by atoms with Crippen LogP contribution in [0.4, 0.5) is 10.5 Å². The molecule has 0 bridgehead atoms. The van der Waals surface area contributed by atoms with Crippen LogP contribution in [0.15, 0.2) is 60.1 Å². The summed E-state index contributed by atoms with van der Waals surface area (Å²) < 4.78 is 5.45. The quantitative estimate of drug-likeness (QED) is 0.437. The van der Waals surface area contributed by atoms with Gasteiger partial charge in [0.1, 0.15) is 0 Å². The molecule has 2 aliphatic rings. The molecule has 2 aromatic heterocycles. The number of imidazole rings is 1. The largest absolute Gasteiger partial charge is 0.416 e. The number of aromatic amines is 1. The number of hydrogen-bond acceptors (Lipinski definition) is 7. The summed E-state index contributed by atoms with van der Waals surface area (Å²) in [7, 11) is 0. The van der Waals surface area contributed by atoms with Crippen LogP contribution >= 0.6 is 11.8 Å². The van der Waals surface area contributed by atoms with Crippen molar-refractivity contribution in [3.05, 3.63) is 66.1 Å². The SMILES string of the molecule is CC1CCN(Cc2ccc(C(=O)Nc3ccc(OC(=O)N4CCC(Sc5ncc[nH]5)CC4)nc3)cc2)CC1. The van der Waals surface area contributed by atoms with Crippen molar-refractivity contribution in [3.63, 3.8) is 0 Å². The first kappa shape index (κ1) is 26.2. The highest BCUT2D eigenvalue weighted by Crippen LogP contribution is 2.28. The van der Waals surface area contributed by atoms with Gasteiger partial charge in [-0.3, -0.25) is 9.69 Å². The van der Waals surface area contributed by atoms with Crippen molar-refractivity contribution in [2.75, 3.05) is 31.5 Å². The van der Waals surface area contributed by atoms with Crippen LogP contribution in [0.5, 0.6) is 5.88 Å². The van der Waals surface area contributed by atoms with Gasteiger partial charge in [0.2, 0.25) is 5.88 Å². The van der Waals surface area contributed by atoms with Gasteiger partial charge in [0.25, 0.3) is 5.91 Å². The van der Waals surface area contributed by atoms with Crippen molar-refractivity contribution in [2.45, 2.75) is 49.6 Å². The third kappa shape index (κ3) is 7.14. The molecule has 0 atom stereocenters. The lowest BCUT2D eigenvalue weighted by Gasteiger charge is -2.30. The van der Waals surface area contributed by atoms with Gasteiger partial charge in [-0.25, -0.2) is 14.8 Å². The van der Waals surface area contributed by atoms with Gasteiger partial charge in [-0.15, -0.1) is 0 Å². The summed E-state index contributed by atoms with van der Waals surface area (Å²) in [4.78, 5) is 41.0. The minimum atomic E-state index is -0.408. The number of likely N-dealkylation sites (tertiary alicyclic amines) is 2. The highest BCUT2D eigenvalue weighted by molar-refractivity contribution is 7.99. The molecule has 0 unspecified atom stereocenters. The molecule has 2 fully saturated rings. The normalized spacial score (nSPS) is 17.3. The van der Waals surface area contributed by atoms with Crippen molar-refractivity contribution in [1.29, 1.82) is 0 Å². The first-order valence-corrected chi connectivity index (χ1v) is 14.1. The lowest BCUT2D eigenvalue weighted by atomic mass is 9.99. The van der Waals surface area contributed by atoms with Gasteiger partial charge in [-0.1, -0.05) is 30.8 Å². The predicted molar refractivity (Wildman–Crippen MR) is 147 cm³/mol. The van der Waals surface area contributed by atoms with Gasteiger partial charge in [-0.05, 0) is 68.5 Å². The van der Waals surface area contributed by atoms with Crippen LogP contribution in [0, 0.1) is 5.92 Å². The van der Waals surface area contributed by atoms with Gasteiger partial charge in [0, 0.05) is 48.9 Å². The molecular formula is C28H34N6O3S. The number of rotatable bonds is 7. The number of ether oxygens (including phenoxy) is 1. The Labute approximate surface area is 227 Å². The monoisotopic (exact) mass is 534 g/mol. The maximum atomic E-state index is 12.7. The fourth-order valence-electron chi connectivity index (χ4n) is 4.74. The van der Waals surface area contributed by atoms with Crippen LogP contribution in [0.2, 0.25) is 0 Å². The van der Waals surface area contributed by atoms with Gasteiger partial charge in [0.05, 0.1) is 11.9 Å². The molecule has 200 valence electrons. The number of H-pyrrole nitrogens is 1. The first-order valence-electron chi connectivity index (χ1n) is 13.2. The number of hydrogen-bond donors (Lipinski definition) is 2. The summed E-state index contributed by atoms with van der Waals surface area (Å²) in [5.74, 6) is 0.815. The number of carbonyl (C=O) groups excluding carboxylic acids is 2. The maximum Gasteiger partial charge on any atom is 0.416 e. The molecule has 3 aromatic rings. The Bertz CT molecular complexity index is 1190. The van der Waals surface area contributed by atoms with Crippen molar-refractivity contribution in [3.8, 4) is 5.88 Å². The van der Waals surface area contributed by atoms with E-state index in [-0.39, 0.29) is 11.8 Å². The lowest BCUT2D eigenvalue weighted by molar-refractivity contribution is 0.102. The topological polar surface area (TPSA) is 103 Å². The van der Waals surface area contributed by atoms with E-state index in [9.17, 15) is 9.59 Å². The minimum absolute atomic E-state index is 0.204. The van der Waals surface area contributed by atoms with E-state index in [0.717, 1.165) is 43.6 Å². The molecule has 9 nitrogen and oxygen atoms in total. The zero-order valence-corrected chi connectivity index (χ0v) is 22.5. The second-order valence-electron chi connectivity index (χ2n) is 10.1. The van der Waals surface area contributed by atoms with Crippen LogP contribution in [-0.4, -0.2) is 68.2 Å². The van der Waals surface area contributed by atoms with E-state index < -0.39 is 6.09 Å². The first-order chi connectivity index (χ1) is 18.5. The summed E-state index contributed by atoms with van der Waals surface area (Å²) in [5, 5.41) is 4.18. The third-order valence-electron chi connectivity index (χ3n) is 7.14. The molecule has 2 N–H and O–H groups in total. The Hall–Kier alpha value is -3.37. The zero-order chi connectivity index (χ0) is 26.3. The van der Waals surface area contributed by atoms with Crippen molar-refractivity contribution < 1.29 is 14.3 Å². The molecule has 0 aliphatic carbocycles. The van der Waals surface area contributed by atoms with E-state index in [0.29, 0.717) is 29.6 Å². The Morgan fingerprint density at radius 1 is 1.03 bits per heavy atom. The molecule has 0 saturated carbocycles.